The summed E-state index contributed by atoms with van der Waals surface area (Å²) in [7, 11) is 1.25. The van der Waals surface area contributed by atoms with Gasteiger partial charge in [-0.25, -0.2) is 0 Å². The number of ether oxygens (including phenoxy) is 3. The molecule has 2 aliphatic carbocycles. The number of aliphatic hydroxyl groups excluding tert-OH is 1. The van der Waals surface area contributed by atoms with E-state index in [-0.39, 0.29) is 17.1 Å². The highest BCUT2D eigenvalue weighted by Crippen LogP contribution is 2.62. The first-order chi connectivity index (χ1) is 17.1. The number of nitrogens with zero attached hydrogens (tertiary/aromatic N) is 1. The molecule has 1 saturated carbocycles. The van der Waals surface area contributed by atoms with Crippen LogP contribution in [0.3, 0.4) is 0 Å². The normalized spacial score (nSPS) is 25.8. The van der Waals surface area contributed by atoms with Gasteiger partial charge in [-0.05, 0) is 60.3 Å². The van der Waals surface area contributed by atoms with E-state index in [0.717, 1.165) is 59.8 Å². The van der Waals surface area contributed by atoms with Crippen LogP contribution in [0.2, 0.25) is 0 Å². The summed E-state index contributed by atoms with van der Waals surface area (Å²) in [6, 6.07) is 3.99. The Balaban J connectivity index is 1.58. The van der Waals surface area contributed by atoms with Crippen molar-refractivity contribution in [1.82, 2.24) is 4.98 Å². The van der Waals surface area contributed by atoms with Gasteiger partial charge < -0.3 is 19.3 Å². The summed E-state index contributed by atoms with van der Waals surface area (Å²) in [6.45, 7) is 5.22. The summed E-state index contributed by atoms with van der Waals surface area (Å²) < 4.78 is 58.5. The lowest BCUT2D eigenvalue weighted by Crippen LogP contribution is -2.36. The first-order valence-corrected chi connectivity index (χ1v) is 12.8. The highest BCUT2D eigenvalue weighted by atomic mass is 19.4. The van der Waals surface area contributed by atoms with Gasteiger partial charge in [0.25, 0.3) is 0 Å². The van der Waals surface area contributed by atoms with Crippen molar-refractivity contribution in [3.63, 3.8) is 0 Å². The van der Waals surface area contributed by atoms with E-state index in [0.29, 0.717) is 31.6 Å². The quantitative estimate of drug-likeness (QED) is 0.547. The molecule has 2 spiro atoms. The zero-order valence-electron chi connectivity index (χ0n) is 20.9. The first-order valence-electron chi connectivity index (χ1n) is 12.8. The number of methoxy groups -OCH3 is 1. The van der Waals surface area contributed by atoms with Crippen LogP contribution in [-0.2, 0) is 27.7 Å². The molecule has 0 radical (unpaired) electrons. The number of hydrogen-bond acceptors (Lipinski definition) is 5. The predicted molar refractivity (Wildman–Crippen MR) is 126 cm³/mol. The maximum absolute atomic E-state index is 13.6. The molecule has 1 aromatic heterocycles. The summed E-state index contributed by atoms with van der Waals surface area (Å²) in [6.07, 6.45) is -0.687. The number of rotatable bonds is 3. The van der Waals surface area contributed by atoms with Crippen LogP contribution in [0.15, 0.2) is 18.2 Å². The maximum atomic E-state index is 13.6. The van der Waals surface area contributed by atoms with E-state index in [4.69, 9.17) is 19.2 Å². The zero-order chi connectivity index (χ0) is 25.5. The molecule has 5 nitrogen and oxygen atoms in total. The van der Waals surface area contributed by atoms with Crippen LogP contribution in [0.5, 0.6) is 5.75 Å². The minimum atomic E-state index is -4.52. The molecule has 0 amide bonds. The van der Waals surface area contributed by atoms with Gasteiger partial charge in [0.2, 0.25) is 0 Å². The van der Waals surface area contributed by atoms with Gasteiger partial charge in [-0.1, -0.05) is 19.9 Å². The van der Waals surface area contributed by atoms with Crippen LogP contribution in [0.25, 0.3) is 0 Å². The molecule has 2 aromatic rings. The van der Waals surface area contributed by atoms with Crippen molar-refractivity contribution in [3.05, 3.63) is 57.4 Å². The van der Waals surface area contributed by atoms with Gasteiger partial charge in [-0.3, -0.25) is 4.98 Å². The Morgan fingerprint density at radius 3 is 2.44 bits per heavy atom. The second-order valence-electron chi connectivity index (χ2n) is 11.3. The van der Waals surface area contributed by atoms with Crippen LogP contribution in [0, 0.1) is 5.41 Å². The Morgan fingerprint density at radius 1 is 1.11 bits per heavy atom. The smallest absolute Gasteiger partial charge is 0.419 e. The van der Waals surface area contributed by atoms with Gasteiger partial charge in [0.1, 0.15) is 11.9 Å². The highest BCUT2D eigenvalue weighted by Gasteiger charge is 2.55. The van der Waals surface area contributed by atoms with Crippen molar-refractivity contribution < 1.29 is 32.5 Å². The molecule has 2 aliphatic heterocycles. The molecule has 1 saturated heterocycles. The average molecular weight is 504 g/mol. The van der Waals surface area contributed by atoms with E-state index in [1.165, 1.54) is 19.2 Å². The van der Waals surface area contributed by atoms with Crippen LogP contribution in [-0.4, -0.2) is 30.4 Å². The summed E-state index contributed by atoms with van der Waals surface area (Å²) in [5.74, 6) is -0.151. The Kier molecular flexibility index (Phi) is 5.49. The Labute approximate surface area is 209 Å². The van der Waals surface area contributed by atoms with Crippen molar-refractivity contribution in [3.8, 4) is 5.75 Å². The largest absolute Gasteiger partial charge is 0.496 e. The molecule has 194 valence electrons. The molecule has 4 aliphatic rings. The molecule has 36 heavy (non-hydrogen) atoms. The van der Waals surface area contributed by atoms with Crippen molar-refractivity contribution in [2.75, 3.05) is 20.3 Å². The van der Waals surface area contributed by atoms with Gasteiger partial charge >= 0.3 is 6.18 Å². The standard InChI is InChI=1S/C28H32F3NO4/c1-15(2)24-22-23(21-18(32-24)13-26(6-7-26)14-19(21)33)27(8-10-35-11-9-27)36-25(22)16-4-5-17(28(29,30)31)20(12-16)34-3/h4-5,12,15,19,25,33H,6-11,13-14H2,1-3H3/t19?,25-/m1/s1. The monoisotopic (exact) mass is 503 g/mol. The lowest BCUT2D eigenvalue weighted by Gasteiger charge is -2.38. The Bertz CT molecular complexity index is 1200. The third-order valence-corrected chi connectivity index (χ3v) is 8.58. The Hall–Kier alpha value is -2.16. The van der Waals surface area contributed by atoms with Gasteiger partial charge in [0.05, 0.1) is 24.4 Å². The molecule has 1 N–H and O–H groups in total. The number of benzene rings is 1. The van der Waals surface area contributed by atoms with E-state index in [2.05, 4.69) is 13.8 Å². The van der Waals surface area contributed by atoms with E-state index < -0.39 is 29.5 Å². The molecule has 1 aromatic carbocycles. The van der Waals surface area contributed by atoms with Crippen molar-refractivity contribution in [2.24, 2.45) is 5.41 Å². The average Bonchev–Trinajstić information content (AvgIpc) is 3.50. The molecule has 2 fully saturated rings. The molecule has 6 rings (SSSR count). The summed E-state index contributed by atoms with van der Waals surface area (Å²) in [5.41, 5.74) is 3.93. The number of fused-ring (bicyclic) bond motifs is 4. The van der Waals surface area contributed by atoms with Crippen LogP contribution < -0.4 is 4.74 Å². The molecule has 8 heteroatoms. The number of alkyl halides is 3. The van der Waals surface area contributed by atoms with Crippen molar-refractivity contribution >= 4 is 0 Å². The molecule has 3 heterocycles. The fourth-order valence-corrected chi connectivity index (χ4v) is 6.62. The zero-order valence-corrected chi connectivity index (χ0v) is 20.9. The third kappa shape index (κ3) is 3.67. The van der Waals surface area contributed by atoms with E-state index >= 15 is 0 Å². The minimum absolute atomic E-state index is 0.0794. The van der Waals surface area contributed by atoms with Crippen LogP contribution in [0.4, 0.5) is 13.2 Å². The lowest BCUT2D eigenvalue weighted by molar-refractivity contribution is -0.139. The fourth-order valence-electron chi connectivity index (χ4n) is 6.62. The maximum Gasteiger partial charge on any atom is 0.419 e. The number of aromatic nitrogens is 1. The van der Waals surface area contributed by atoms with Crippen molar-refractivity contribution in [1.29, 1.82) is 0 Å². The summed E-state index contributed by atoms with van der Waals surface area (Å²) >= 11 is 0. The van der Waals surface area contributed by atoms with Crippen LogP contribution in [0.1, 0.15) is 103 Å². The minimum Gasteiger partial charge on any atom is -0.496 e. The highest BCUT2D eigenvalue weighted by molar-refractivity contribution is 5.55. The molecule has 2 atom stereocenters. The van der Waals surface area contributed by atoms with Crippen molar-refractivity contribution in [2.45, 2.75) is 82.3 Å². The van der Waals surface area contributed by atoms with Gasteiger partial charge in [0.15, 0.2) is 0 Å². The third-order valence-electron chi connectivity index (χ3n) is 8.58. The first kappa shape index (κ1) is 24.2. The number of pyridine rings is 1. The molecule has 0 bridgehead atoms. The predicted octanol–water partition coefficient (Wildman–Crippen LogP) is 6.12. The summed E-state index contributed by atoms with van der Waals surface area (Å²) in [4.78, 5) is 5.14. The van der Waals surface area contributed by atoms with E-state index in [1.54, 1.807) is 0 Å². The van der Waals surface area contributed by atoms with E-state index in [1.807, 2.05) is 0 Å². The Morgan fingerprint density at radius 2 is 1.83 bits per heavy atom. The van der Waals surface area contributed by atoms with Gasteiger partial charge in [-0.15, -0.1) is 0 Å². The second kappa shape index (κ2) is 8.17. The second-order valence-corrected chi connectivity index (χ2v) is 11.3. The molecular weight excluding hydrogens is 471 g/mol. The van der Waals surface area contributed by atoms with Gasteiger partial charge in [0, 0.05) is 48.6 Å². The van der Waals surface area contributed by atoms with E-state index in [9.17, 15) is 18.3 Å². The lowest BCUT2D eigenvalue weighted by atomic mass is 9.73. The SMILES string of the molecule is COc1cc([C@H]2OC3(CCOCC3)c3c4c(nc(C(C)C)c32)CC2(CC2)CC4O)ccc1C(F)(F)F. The summed E-state index contributed by atoms with van der Waals surface area (Å²) in [5, 5.41) is 11.4. The molecular formula is C28H32F3NO4. The van der Waals surface area contributed by atoms with Gasteiger partial charge in [-0.2, -0.15) is 13.2 Å². The number of halogens is 3. The fraction of sp³-hybridized carbons (Fsp3) is 0.607. The molecule has 1 unspecified atom stereocenters. The van der Waals surface area contributed by atoms with Crippen LogP contribution >= 0.6 is 0 Å². The topological polar surface area (TPSA) is 60.8 Å². The number of hydrogen-bond donors (Lipinski definition) is 1. The number of aliphatic hydroxyl groups is 1.